The third-order valence-corrected chi connectivity index (χ3v) is 4.98. The number of para-hydroxylation sites is 3. The Bertz CT molecular complexity index is 994. The molecule has 3 aromatic carbocycles. The fourth-order valence-electron chi connectivity index (χ4n) is 2.70. The molecular formula is C24H24N2O4S. The van der Waals surface area contributed by atoms with Crippen molar-refractivity contribution < 1.29 is 19.1 Å². The first-order valence-corrected chi connectivity index (χ1v) is 11.0. The molecule has 0 unspecified atom stereocenters. The molecule has 0 saturated carbocycles. The van der Waals surface area contributed by atoms with Crippen LogP contribution in [0.1, 0.15) is 6.92 Å². The van der Waals surface area contributed by atoms with Crippen molar-refractivity contribution in [2.24, 2.45) is 0 Å². The lowest BCUT2D eigenvalue weighted by Crippen LogP contribution is -2.18. The van der Waals surface area contributed by atoms with E-state index < -0.39 is 0 Å². The lowest BCUT2D eigenvalue weighted by Gasteiger charge is -2.11. The fourth-order valence-corrected chi connectivity index (χ4v) is 3.32. The molecule has 0 saturated heterocycles. The number of anilines is 2. The van der Waals surface area contributed by atoms with E-state index in [4.69, 9.17) is 9.47 Å². The molecule has 160 valence electrons. The molecule has 6 nitrogen and oxygen atoms in total. The highest BCUT2D eigenvalue weighted by Gasteiger charge is 2.09. The van der Waals surface area contributed by atoms with E-state index in [2.05, 4.69) is 10.6 Å². The molecule has 2 N–H and O–H groups in total. The van der Waals surface area contributed by atoms with Crippen LogP contribution in [-0.4, -0.2) is 29.9 Å². The predicted molar refractivity (Wildman–Crippen MR) is 125 cm³/mol. The van der Waals surface area contributed by atoms with Crippen molar-refractivity contribution in [2.75, 3.05) is 28.7 Å². The Morgan fingerprint density at radius 1 is 0.774 bits per heavy atom. The van der Waals surface area contributed by atoms with Crippen LogP contribution in [0.4, 0.5) is 11.4 Å². The SMILES string of the molecule is CCOc1ccccc1NC(=O)CSCC(=O)Nc1ccc(Oc2ccccc2)cc1. The van der Waals surface area contributed by atoms with Gasteiger partial charge in [-0.15, -0.1) is 11.8 Å². The number of carbonyl (C=O) groups excluding carboxylic acids is 2. The molecular weight excluding hydrogens is 412 g/mol. The van der Waals surface area contributed by atoms with E-state index >= 15 is 0 Å². The summed E-state index contributed by atoms with van der Waals surface area (Å²) in [5.74, 6) is 2.03. The first kappa shape index (κ1) is 22.2. The second-order valence-corrected chi connectivity index (χ2v) is 7.44. The van der Waals surface area contributed by atoms with Crippen molar-refractivity contribution in [1.29, 1.82) is 0 Å². The van der Waals surface area contributed by atoms with Crippen LogP contribution in [0.15, 0.2) is 78.9 Å². The van der Waals surface area contributed by atoms with Crippen molar-refractivity contribution >= 4 is 35.0 Å². The van der Waals surface area contributed by atoms with Crippen LogP contribution in [-0.2, 0) is 9.59 Å². The van der Waals surface area contributed by atoms with E-state index in [1.165, 1.54) is 11.8 Å². The molecule has 7 heteroatoms. The summed E-state index contributed by atoms with van der Waals surface area (Å²) in [7, 11) is 0. The minimum absolute atomic E-state index is 0.164. The maximum atomic E-state index is 12.2. The Labute approximate surface area is 186 Å². The van der Waals surface area contributed by atoms with Crippen LogP contribution in [0.5, 0.6) is 17.2 Å². The number of hydrogen-bond donors (Lipinski definition) is 2. The molecule has 3 aromatic rings. The number of carbonyl (C=O) groups is 2. The number of thioether (sulfide) groups is 1. The van der Waals surface area contributed by atoms with Crippen LogP contribution in [0.2, 0.25) is 0 Å². The highest BCUT2D eigenvalue weighted by molar-refractivity contribution is 8.00. The molecule has 0 bridgehead atoms. The van der Waals surface area contributed by atoms with E-state index in [9.17, 15) is 9.59 Å². The monoisotopic (exact) mass is 436 g/mol. The summed E-state index contributed by atoms with van der Waals surface area (Å²) in [6, 6.07) is 23.9. The maximum absolute atomic E-state index is 12.2. The quantitative estimate of drug-likeness (QED) is 0.457. The normalized spacial score (nSPS) is 10.2. The summed E-state index contributed by atoms with van der Waals surface area (Å²) in [6.07, 6.45) is 0. The van der Waals surface area contributed by atoms with Crippen LogP contribution < -0.4 is 20.1 Å². The summed E-state index contributed by atoms with van der Waals surface area (Å²) in [5.41, 5.74) is 1.29. The lowest BCUT2D eigenvalue weighted by atomic mass is 10.3. The van der Waals surface area contributed by atoms with Crippen molar-refractivity contribution in [3.63, 3.8) is 0 Å². The lowest BCUT2D eigenvalue weighted by molar-refractivity contribution is -0.114. The maximum Gasteiger partial charge on any atom is 0.234 e. The molecule has 0 aliphatic rings. The third-order valence-electron chi connectivity index (χ3n) is 4.04. The van der Waals surface area contributed by atoms with Gasteiger partial charge in [-0.2, -0.15) is 0 Å². The zero-order valence-electron chi connectivity index (χ0n) is 17.2. The minimum Gasteiger partial charge on any atom is -0.492 e. The van der Waals surface area contributed by atoms with E-state index in [-0.39, 0.29) is 23.3 Å². The van der Waals surface area contributed by atoms with Gasteiger partial charge in [-0.05, 0) is 55.5 Å². The fraction of sp³-hybridized carbons (Fsp3) is 0.167. The van der Waals surface area contributed by atoms with Gasteiger partial charge in [-0.3, -0.25) is 9.59 Å². The second kappa shape index (κ2) is 11.7. The molecule has 2 amide bonds. The van der Waals surface area contributed by atoms with Gasteiger partial charge in [0.2, 0.25) is 11.8 Å². The number of benzene rings is 3. The highest BCUT2D eigenvalue weighted by Crippen LogP contribution is 2.24. The van der Waals surface area contributed by atoms with Crippen LogP contribution in [0.25, 0.3) is 0 Å². The molecule has 31 heavy (non-hydrogen) atoms. The molecule has 0 aromatic heterocycles. The first-order valence-electron chi connectivity index (χ1n) is 9.86. The molecule has 3 rings (SSSR count). The van der Waals surface area contributed by atoms with Crippen LogP contribution in [0.3, 0.4) is 0 Å². The Balaban J connectivity index is 1.40. The third kappa shape index (κ3) is 7.38. The molecule has 0 atom stereocenters. The van der Waals surface area contributed by atoms with E-state index in [0.717, 1.165) is 5.75 Å². The topological polar surface area (TPSA) is 76.7 Å². The summed E-state index contributed by atoms with van der Waals surface area (Å²) in [6.45, 7) is 2.40. The summed E-state index contributed by atoms with van der Waals surface area (Å²) < 4.78 is 11.2. The molecule has 0 aliphatic heterocycles. The largest absolute Gasteiger partial charge is 0.492 e. The van der Waals surface area contributed by atoms with E-state index in [0.29, 0.717) is 29.5 Å². The van der Waals surface area contributed by atoms with Crippen LogP contribution >= 0.6 is 11.8 Å². The van der Waals surface area contributed by atoms with E-state index in [1.807, 2.05) is 49.4 Å². The number of ether oxygens (including phenoxy) is 2. The molecule has 0 aliphatic carbocycles. The van der Waals surface area contributed by atoms with Gasteiger partial charge in [0.1, 0.15) is 17.2 Å². The molecule has 0 spiro atoms. The summed E-state index contributed by atoms with van der Waals surface area (Å²) >= 11 is 1.24. The van der Waals surface area contributed by atoms with Gasteiger partial charge in [0.25, 0.3) is 0 Å². The average molecular weight is 437 g/mol. The second-order valence-electron chi connectivity index (χ2n) is 6.46. The first-order chi connectivity index (χ1) is 15.1. The van der Waals surface area contributed by atoms with Gasteiger partial charge in [-0.25, -0.2) is 0 Å². The van der Waals surface area contributed by atoms with Crippen molar-refractivity contribution in [3.8, 4) is 17.2 Å². The van der Waals surface area contributed by atoms with Crippen molar-refractivity contribution in [1.82, 2.24) is 0 Å². The number of nitrogens with one attached hydrogen (secondary N) is 2. The molecule has 0 radical (unpaired) electrons. The smallest absolute Gasteiger partial charge is 0.234 e. The minimum atomic E-state index is -0.188. The van der Waals surface area contributed by atoms with Crippen molar-refractivity contribution in [2.45, 2.75) is 6.92 Å². The number of amides is 2. The van der Waals surface area contributed by atoms with E-state index in [1.54, 1.807) is 36.4 Å². The Hall–Kier alpha value is -3.45. The summed E-state index contributed by atoms with van der Waals surface area (Å²) in [4.78, 5) is 24.3. The summed E-state index contributed by atoms with van der Waals surface area (Å²) in [5, 5.41) is 5.63. The van der Waals surface area contributed by atoms with Gasteiger partial charge in [0.15, 0.2) is 0 Å². The Kier molecular flexibility index (Phi) is 8.37. The van der Waals surface area contributed by atoms with Crippen molar-refractivity contribution in [3.05, 3.63) is 78.9 Å². The Morgan fingerprint density at radius 2 is 1.39 bits per heavy atom. The van der Waals surface area contributed by atoms with Gasteiger partial charge in [0.05, 0.1) is 23.8 Å². The standard InChI is InChI=1S/C24H24N2O4S/c1-2-29-22-11-7-6-10-21(22)26-24(28)17-31-16-23(27)25-18-12-14-20(15-13-18)30-19-8-4-3-5-9-19/h3-15H,2,16-17H2,1H3,(H,25,27)(H,26,28). The molecule has 0 fully saturated rings. The van der Waals surface area contributed by atoms with Gasteiger partial charge in [0, 0.05) is 5.69 Å². The average Bonchev–Trinajstić information content (AvgIpc) is 2.77. The highest BCUT2D eigenvalue weighted by atomic mass is 32.2. The Morgan fingerprint density at radius 3 is 2.10 bits per heavy atom. The predicted octanol–water partition coefficient (Wildman–Crippen LogP) is 5.19. The van der Waals surface area contributed by atoms with Gasteiger partial charge in [-0.1, -0.05) is 30.3 Å². The number of hydrogen-bond acceptors (Lipinski definition) is 5. The zero-order valence-corrected chi connectivity index (χ0v) is 18.0. The van der Waals surface area contributed by atoms with Crippen LogP contribution in [0, 0.1) is 0 Å². The van der Waals surface area contributed by atoms with Gasteiger partial charge >= 0.3 is 0 Å². The number of rotatable bonds is 10. The van der Waals surface area contributed by atoms with Gasteiger partial charge < -0.3 is 20.1 Å². The molecule has 0 heterocycles. The zero-order chi connectivity index (χ0) is 21.9.